The molecule has 1 saturated heterocycles. The summed E-state index contributed by atoms with van der Waals surface area (Å²) in [5.41, 5.74) is 0.992. The molecule has 0 radical (unpaired) electrons. The zero-order valence-corrected chi connectivity index (χ0v) is 14.0. The number of amides is 1. The summed E-state index contributed by atoms with van der Waals surface area (Å²) < 4.78 is 19.3. The van der Waals surface area contributed by atoms with Gasteiger partial charge in [-0.1, -0.05) is 6.07 Å². The maximum atomic E-state index is 13.8. The first kappa shape index (κ1) is 17.2. The molecule has 1 aromatic carbocycles. The Morgan fingerprint density at radius 2 is 2.00 bits per heavy atom. The predicted molar refractivity (Wildman–Crippen MR) is 89.5 cm³/mol. The lowest BCUT2D eigenvalue weighted by atomic mass is 10.1. The van der Waals surface area contributed by atoms with E-state index in [-0.39, 0.29) is 23.2 Å². The van der Waals surface area contributed by atoms with Crippen molar-refractivity contribution in [2.45, 2.75) is 6.54 Å². The first-order chi connectivity index (χ1) is 12.1. The van der Waals surface area contributed by atoms with Gasteiger partial charge in [-0.15, -0.1) is 0 Å². The summed E-state index contributed by atoms with van der Waals surface area (Å²) >= 11 is 0. The van der Waals surface area contributed by atoms with Gasteiger partial charge in [-0.2, -0.15) is 4.73 Å². The summed E-state index contributed by atoms with van der Waals surface area (Å²) in [5, 5.41) is 11.7. The van der Waals surface area contributed by atoms with Gasteiger partial charge in [0.2, 0.25) is 0 Å². The van der Waals surface area contributed by atoms with Crippen LogP contribution >= 0.6 is 0 Å². The van der Waals surface area contributed by atoms with E-state index in [0.717, 1.165) is 5.56 Å². The minimum absolute atomic E-state index is 0.133. The van der Waals surface area contributed by atoms with Crippen molar-refractivity contribution >= 4 is 5.91 Å². The van der Waals surface area contributed by atoms with E-state index in [1.165, 1.54) is 25.4 Å². The number of halogens is 1. The highest BCUT2D eigenvalue weighted by Crippen LogP contribution is 2.19. The number of hydrogen-bond donors (Lipinski definition) is 0. The van der Waals surface area contributed by atoms with Crippen molar-refractivity contribution < 1.29 is 18.7 Å². The van der Waals surface area contributed by atoms with E-state index in [4.69, 9.17) is 4.74 Å². The molecule has 2 heterocycles. The van der Waals surface area contributed by atoms with Crippen LogP contribution in [0.15, 0.2) is 42.6 Å². The maximum absolute atomic E-state index is 13.8. The fourth-order valence-electron chi connectivity index (χ4n) is 2.93. The van der Waals surface area contributed by atoms with Crippen molar-refractivity contribution in [1.82, 2.24) is 9.80 Å². The number of carbonyl (C=O) groups excluding carboxylic acids is 1. The van der Waals surface area contributed by atoms with Crippen LogP contribution in [0.4, 0.5) is 4.39 Å². The molecular weight excluding hydrogens is 325 g/mol. The molecule has 0 bridgehead atoms. The van der Waals surface area contributed by atoms with E-state index in [1.807, 2.05) is 6.07 Å². The molecule has 1 aliphatic rings. The van der Waals surface area contributed by atoms with Crippen molar-refractivity contribution in [2.24, 2.45) is 0 Å². The van der Waals surface area contributed by atoms with Gasteiger partial charge in [0.25, 0.3) is 5.69 Å². The van der Waals surface area contributed by atoms with Gasteiger partial charge >= 0.3 is 5.91 Å². The third kappa shape index (κ3) is 3.88. The summed E-state index contributed by atoms with van der Waals surface area (Å²) in [7, 11) is 1.44. The van der Waals surface area contributed by atoms with Crippen LogP contribution in [0.1, 0.15) is 16.1 Å². The quantitative estimate of drug-likeness (QED) is 0.621. The largest absolute Gasteiger partial charge is 0.618 e. The molecule has 0 unspecified atom stereocenters. The standard InChI is InChI=1S/C18H20FN3O3/c1-25-17-6-5-14(12-15(17)19)13-20-8-10-21(11-9-20)18(23)16-4-2-3-7-22(16)24/h2-7,12H,8-11,13H2,1H3. The fraction of sp³-hybridized carbons (Fsp3) is 0.333. The molecule has 0 atom stereocenters. The van der Waals surface area contributed by atoms with Gasteiger partial charge in [0.1, 0.15) is 0 Å². The van der Waals surface area contributed by atoms with Gasteiger partial charge in [-0.05, 0) is 23.8 Å². The first-order valence-electron chi connectivity index (χ1n) is 8.10. The van der Waals surface area contributed by atoms with Crippen molar-refractivity contribution in [3.05, 3.63) is 64.9 Å². The molecule has 3 rings (SSSR count). The van der Waals surface area contributed by atoms with E-state index >= 15 is 0 Å². The molecule has 0 N–H and O–H groups in total. The topological polar surface area (TPSA) is 59.7 Å². The van der Waals surface area contributed by atoms with Crippen molar-refractivity contribution in [3.63, 3.8) is 0 Å². The summed E-state index contributed by atoms with van der Waals surface area (Å²) in [5.74, 6) is -0.406. The number of methoxy groups -OCH3 is 1. The lowest BCUT2D eigenvalue weighted by Crippen LogP contribution is -2.50. The molecule has 1 aromatic heterocycles. The van der Waals surface area contributed by atoms with Gasteiger partial charge < -0.3 is 14.8 Å². The Morgan fingerprint density at radius 1 is 1.24 bits per heavy atom. The number of aromatic nitrogens is 1. The smallest absolute Gasteiger partial charge is 0.320 e. The van der Waals surface area contributed by atoms with Crippen LogP contribution in [0, 0.1) is 11.0 Å². The highest BCUT2D eigenvalue weighted by Gasteiger charge is 2.26. The second kappa shape index (κ2) is 7.48. The number of pyridine rings is 1. The number of nitrogens with zero attached hydrogens (tertiary/aromatic N) is 3. The van der Waals surface area contributed by atoms with Crippen LogP contribution in [0.3, 0.4) is 0 Å². The SMILES string of the molecule is COc1ccc(CN2CCN(C(=O)c3cccc[n+]3[O-])CC2)cc1F. The molecule has 1 fully saturated rings. The molecule has 2 aromatic rings. The molecule has 7 heteroatoms. The number of carbonyl (C=O) groups is 1. The average molecular weight is 345 g/mol. The normalized spacial score (nSPS) is 15.2. The van der Waals surface area contributed by atoms with Gasteiger partial charge in [0, 0.05) is 44.9 Å². The Bertz CT molecular complexity index is 761. The van der Waals surface area contributed by atoms with Crippen molar-refractivity contribution in [2.75, 3.05) is 33.3 Å². The van der Waals surface area contributed by atoms with Crippen LogP contribution in [-0.2, 0) is 6.54 Å². The molecule has 1 aliphatic heterocycles. The zero-order chi connectivity index (χ0) is 17.8. The zero-order valence-electron chi connectivity index (χ0n) is 14.0. The Kier molecular flexibility index (Phi) is 5.14. The van der Waals surface area contributed by atoms with Gasteiger partial charge in [0.05, 0.1) is 7.11 Å². The van der Waals surface area contributed by atoms with Crippen LogP contribution in [-0.4, -0.2) is 49.0 Å². The van der Waals surface area contributed by atoms with Crippen LogP contribution in [0.5, 0.6) is 5.75 Å². The molecule has 1 amide bonds. The average Bonchev–Trinajstić information content (AvgIpc) is 2.62. The Morgan fingerprint density at radius 3 is 2.64 bits per heavy atom. The van der Waals surface area contributed by atoms with Crippen LogP contribution in [0.2, 0.25) is 0 Å². The lowest BCUT2D eigenvalue weighted by molar-refractivity contribution is -0.608. The number of ether oxygens (including phenoxy) is 1. The molecule has 25 heavy (non-hydrogen) atoms. The molecule has 6 nitrogen and oxygen atoms in total. The molecular formula is C18H20FN3O3. The summed E-state index contributed by atoms with van der Waals surface area (Å²) in [6, 6.07) is 9.73. The van der Waals surface area contributed by atoms with Gasteiger partial charge in [-0.3, -0.25) is 9.69 Å². The summed E-state index contributed by atoms with van der Waals surface area (Å²) in [6.45, 7) is 3.02. The van der Waals surface area contributed by atoms with E-state index in [9.17, 15) is 14.4 Å². The van der Waals surface area contributed by atoms with E-state index < -0.39 is 0 Å². The highest BCUT2D eigenvalue weighted by molar-refractivity contribution is 5.91. The van der Waals surface area contributed by atoms with Gasteiger partial charge in [-0.25, -0.2) is 4.39 Å². The number of benzene rings is 1. The third-order valence-electron chi connectivity index (χ3n) is 4.33. The molecule has 0 saturated carbocycles. The number of piperazine rings is 1. The minimum Gasteiger partial charge on any atom is -0.618 e. The third-order valence-corrected chi connectivity index (χ3v) is 4.33. The Hall–Kier alpha value is -2.67. The Balaban J connectivity index is 1.58. The number of rotatable bonds is 4. The lowest BCUT2D eigenvalue weighted by Gasteiger charge is -2.34. The van der Waals surface area contributed by atoms with E-state index in [2.05, 4.69) is 4.90 Å². The first-order valence-corrected chi connectivity index (χ1v) is 8.10. The van der Waals surface area contributed by atoms with E-state index in [1.54, 1.807) is 23.1 Å². The molecule has 0 aliphatic carbocycles. The molecule has 132 valence electrons. The second-order valence-corrected chi connectivity index (χ2v) is 5.95. The van der Waals surface area contributed by atoms with E-state index in [0.29, 0.717) is 37.5 Å². The second-order valence-electron chi connectivity index (χ2n) is 5.95. The molecule has 0 spiro atoms. The van der Waals surface area contributed by atoms with Gasteiger partial charge in [0.15, 0.2) is 17.8 Å². The fourth-order valence-corrected chi connectivity index (χ4v) is 2.93. The summed E-state index contributed by atoms with van der Waals surface area (Å²) in [6.07, 6.45) is 1.32. The van der Waals surface area contributed by atoms with Crippen molar-refractivity contribution in [1.29, 1.82) is 0 Å². The van der Waals surface area contributed by atoms with Crippen LogP contribution in [0.25, 0.3) is 0 Å². The summed E-state index contributed by atoms with van der Waals surface area (Å²) in [4.78, 5) is 16.3. The maximum Gasteiger partial charge on any atom is 0.320 e. The minimum atomic E-state index is -0.377. The number of hydrogen-bond acceptors (Lipinski definition) is 4. The Labute approximate surface area is 145 Å². The van der Waals surface area contributed by atoms with Crippen LogP contribution < -0.4 is 9.47 Å². The monoisotopic (exact) mass is 345 g/mol. The van der Waals surface area contributed by atoms with Crippen molar-refractivity contribution in [3.8, 4) is 5.75 Å². The predicted octanol–water partition coefficient (Wildman–Crippen LogP) is 1.43. The highest BCUT2D eigenvalue weighted by atomic mass is 19.1.